The molecule has 1 unspecified atom stereocenters. The van der Waals surface area contributed by atoms with Crippen LogP contribution in [-0.2, 0) is 15.0 Å². The molecule has 20 heavy (non-hydrogen) atoms. The zero-order chi connectivity index (χ0) is 14.6. The Hall–Kier alpha value is -1.08. The second-order valence-corrected chi connectivity index (χ2v) is 7.44. The lowest BCUT2D eigenvalue weighted by molar-refractivity contribution is -0.127. The van der Waals surface area contributed by atoms with E-state index < -0.39 is 15.5 Å². The first kappa shape index (κ1) is 15.3. The van der Waals surface area contributed by atoms with Crippen LogP contribution in [0.5, 0.6) is 0 Å². The van der Waals surface area contributed by atoms with Crippen LogP contribution in [0.2, 0.25) is 0 Å². The smallest absolute Gasteiger partial charge is 0.307 e. The van der Waals surface area contributed by atoms with Crippen LogP contribution in [0.4, 0.5) is 3.89 Å². The molecule has 7 heteroatoms. The van der Waals surface area contributed by atoms with E-state index in [1.165, 1.54) is 4.90 Å². The summed E-state index contributed by atoms with van der Waals surface area (Å²) in [4.78, 5) is 14.2. The standard InChI is InChI=1S/C13H16FNO3S2/c14-20(17,18)12-9-13(16)15(10-12)7-4-8-19-11-5-2-1-3-6-11/h1-3,5-6,12H,4,7-10H2. The van der Waals surface area contributed by atoms with E-state index in [0.29, 0.717) is 6.54 Å². The van der Waals surface area contributed by atoms with Crippen molar-refractivity contribution in [3.63, 3.8) is 0 Å². The van der Waals surface area contributed by atoms with Crippen LogP contribution in [0.3, 0.4) is 0 Å². The van der Waals surface area contributed by atoms with Gasteiger partial charge in [0.15, 0.2) is 0 Å². The number of halogens is 1. The molecule has 0 N–H and O–H groups in total. The number of likely N-dealkylation sites (tertiary alicyclic amines) is 1. The zero-order valence-corrected chi connectivity index (χ0v) is 12.5. The fourth-order valence-corrected chi connectivity index (χ4v) is 3.66. The van der Waals surface area contributed by atoms with Crippen molar-refractivity contribution < 1.29 is 17.1 Å². The molecule has 0 radical (unpaired) electrons. The molecule has 0 spiro atoms. The van der Waals surface area contributed by atoms with E-state index in [9.17, 15) is 17.1 Å². The van der Waals surface area contributed by atoms with Gasteiger partial charge in [-0.1, -0.05) is 18.2 Å². The summed E-state index contributed by atoms with van der Waals surface area (Å²) in [5.74, 6) is 0.557. The van der Waals surface area contributed by atoms with Gasteiger partial charge in [-0.05, 0) is 24.3 Å². The Morgan fingerprint density at radius 1 is 1.30 bits per heavy atom. The third-order valence-electron chi connectivity index (χ3n) is 3.16. The second kappa shape index (κ2) is 6.58. The van der Waals surface area contributed by atoms with E-state index in [1.54, 1.807) is 11.8 Å². The van der Waals surface area contributed by atoms with Crippen LogP contribution >= 0.6 is 11.8 Å². The van der Waals surface area contributed by atoms with Gasteiger partial charge in [0.1, 0.15) is 5.25 Å². The van der Waals surface area contributed by atoms with E-state index in [1.807, 2.05) is 30.3 Å². The molecule has 2 rings (SSSR count). The minimum atomic E-state index is -4.61. The maximum absolute atomic E-state index is 12.8. The third-order valence-corrected chi connectivity index (χ3v) is 5.37. The SMILES string of the molecule is O=C1CC(S(=O)(=O)F)CN1CCCSc1ccccc1. The van der Waals surface area contributed by atoms with E-state index in [0.717, 1.165) is 17.1 Å². The lowest BCUT2D eigenvalue weighted by Gasteiger charge is -2.15. The lowest BCUT2D eigenvalue weighted by atomic mass is 10.4. The van der Waals surface area contributed by atoms with Crippen LogP contribution in [0, 0.1) is 0 Å². The number of amides is 1. The van der Waals surface area contributed by atoms with Crippen LogP contribution in [0.15, 0.2) is 35.2 Å². The number of benzene rings is 1. The van der Waals surface area contributed by atoms with Gasteiger partial charge in [0.25, 0.3) is 0 Å². The molecule has 110 valence electrons. The molecule has 1 aliphatic heterocycles. The monoisotopic (exact) mass is 317 g/mol. The van der Waals surface area contributed by atoms with Crippen molar-refractivity contribution in [1.82, 2.24) is 4.90 Å². The Balaban J connectivity index is 1.74. The maximum atomic E-state index is 12.8. The van der Waals surface area contributed by atoms with Gasteiger partial charge in [-0.3, -0.25) is 4.79 Å². The summed E-state index contributed by atoms with van der Waals surface area (Å²) in [7, 11) is -4.61. The Bertz CT molecular complexity index is 562. The van der Waals surface area contributed by atoms with E-state index >= 15 is 0 Å². The van der Waals surface area contributed by atoms with Gasteiger partial charge in [0.2, 0.25) is 5.91 Å². The fourth-order valence-electron chi connectivity index (χ4n) is 2.10. The van der Waals surface area contributed by atoms with Crippen LogP contribution in [-0.4, -0.2) is 43.3 Å². The van der Waals surface area contributed by atoms with Crippen molar-refractivity contribution in [2.45, 2.75) is 23.0 Å². The van der Waals surface area contributed by atoms with E-state index in [4.69, 9.17) is 0 Å². The van der Waals surface area contributed by atoms with Crippen molar-refractivity contribution >= 4 is 27.9 Å². The molecule has 1 atom stereocenters. The van der Waals surface area contributed by atoms with Crippen LogP contribution in [0.1, 0.15) is 12.8 Å². The Labute approximate surface area is 122 Å². The highest BCUT2D eigenvalue weighted by Crippen LogP contribution is 2.21. The van der Waals surface area contributed by atoms with Crippen molar-refractivity contribution in [2.75, 3.05) is 18.8 Å². The summed E-state index contributed by atoms with van der Waals surface area (Å²) in [6.07, 6.45) is 0.523. The van der Waals surface area contributed by atoms with Gasteiger partial charge in [0, 0.05) is 24.4 Å². The summed E-state index contributed by atoms with van der Waals surface area (Å²) in [6, 6.07) is 9.89. The summed E-state index contributed by atoms with van der Waals surface area (Å²) >= 11 is 1.68. The van der Waals surface area contributed by atoms with Crippen LogP contribution < -0.4 is 0 Å². The summed E-state index contributed by atoms with van der Waals surface area (Å²) in [6.45, 7) is 0.457. The highest BCUT2D eigenvalue weighted by atomic mass is 32.3. The molecule has 0 saturated carbocycles. The molecule has 0 aliphatic carbocycles. The third kappa shape index (κ3) is 4.21. The molecule has 1 fully saturated rings. The average Bonchev–Trinajstić information content (AvgIpc) is 2.77. The molecule has 1 amide bonds. The van der Waals surface area contributed by atoms with Gasteiger partial charge < -0.3 is 4.90 Å². The van der Waals surface area contributed by atoms with Crippen molar-refractivity contribution in [1.29, 1.82) is 0 Å². The number of thioether (sulfide) groups is 1. The largest absolute Gasteiger partial charge is 0.341 e. The van der Waals surface area contributed by atoms with Crippen molar-refractivity contribution in [3.8, 4) is 0 Å². The van der Waals surface area contributed by atoms with Gasteiger partial charge in [0.05, 0.1) is 0 Å². The van der Waals surface area contributed by atoms with Crippen molar-refractivity contribution in [3.05, 3.63) is 30.3 Å². The van der Waals surface area contributed by atoms with Crippen molar-refractivity contribution in [2.24, 2.45) is 0 Å². The first-order valence-electron chi connectivity index (χ1n) is 6.36. The van der Waals surface area contributed by atoms with Gasteiger partial charge >= 0.3 is 10.2 Å². The maximum Gasteiger partial charge on any atom is 0.307 e. The first-order chi connectivity index (χ1) is 9.47. The fraction of sp³-hybridized carbons (Fsp3) is 0.462. The molecule has 1 aromatic carbocycles. The molecule has 1 aliphatic rings. The minimum Gasteiger partial charge on any atom is -0.341 e. The highest BCUT2D eigenvalue weighted by Gasteiger charge is 2.37. The highest BCUT2D eigenvalue weighted by molar-refractivity contribution is 7.99. The Kier molecular flexibility index (Phi) is 5.04. The molecule has 0 bridgehead atoms. The predicted molar refractivity (Wildman–Crippen MR) is 76.8 cm³/mol. The van der Waals surface area contributed by atoms with E-state index in [2.05, 4.69) is 0 Å². The van der Waals surface area contributed by atoms with Crippen LogP contribution in [0.25, 0.3) is 0 Å². The summed E-state index contributed by atoms with van der Waals surface area (Å²) in [5.41, 5.74) is 0. The molecular weight excluding hydrogens is 301 g/mol. The second-order valence-electron chi connectivity index (χ2n) is 4.66. The Morgan fingerprint density at radius 3 is 2.60 bits per heavy atom. The van der Waals surface area contributed by atoms with Gasteiger partial charge in [-0.2, -0.15) is 8.42 Å². The molecule has 1 aromatic rings. The number of nitrogens with zero attached hydrogens (tertiary/aromatic N) is 1. The molecular formula is C13H16FNO3S2. The molecule has 4 nitrogen and oxygen atoms in total. The quantitative estimate of drug-likeness (QED) is 0.458. The minimum absolute atomic E-state index is 0.0202. The first-order valence-corrected chi connectivity index (χ1v) is 8.79. The number of carbonyl (C=O) groups is 1. The predicted octanol–water partition coefficient (Wildman–Crippen LogP) is 2.07. The number of hydrogen-bond donors (Lipinski definition) is 0. The number of hydrogen-bond acceptors (Lipinski definition) is 4. The van der Waals surface area contributed by atoms with Gasteiger partial charge in [-0.15, -0.1) is 15.6 Å². The Morgan fingerprint density at radius 2 is 2.00 bits per heavy atom. The zero-order valence-electron chi connectivity index (χ0n) is 10.9. The lowest BCUT2D eigenvalue weighted by Crippen LogP contribution is -2.28. The topological polar surface area (TPSA) is 54.5 Å². The average molecular weight is 317 g/mol. The number of carbonyl (C=O) groups excluding carboxylic acids is 1. The summed E-state index contributed by atoms with van der Waals surface area (Å²) < 4.78 is 34.4. The van der Waals surface area contributed by atoms with E-state index in [-0.39, 0.29) is 18.9 Å². The number of rotatable bonds is 6. The molecule has 1 saturated heterocycles. The normalized spacial score (nSPS) is 19.6. The molecule has 1 heterocycles. The molecule has 0 aromatic heterocycles. The van der Waals surface area contributed by atoms with Gasteiger partial charge in [-0.25, -0.2) is 0 Å². The summed E-state index contributed by atoms with van der Waals surface area (Å²) in [5, 5.41) is -1.18.